The molecule has 1 N–H and O–H groups in total. The van der Waals surface area contributed by atoms with Gasteiger partial charge in [-0.15, -0.1) is 0 Å². The van der Waals surface area contributed by atoms with Crippen LogP contribution in [0.1, 0.15) is 29.6 Å². The van der Waals surface area contributed by atoms with Gasteiger partial charge in [-0.25, -0.2) is 9.36 Å². The van der Waals surface area contributed by atoms with Crippen LogP contribution in [0.4, 0.5) is 0 Å². The van der Waals surface area contributed by atoms with E-state index in [-0.39, 0.29) is 35.1 Å². The molecular weight excluding hydrogens is 408 g/mol. The van der Waals surface area contributed by atoms with Crippen LogP contribution in [0.25, 0.3) is 16.6 Å². The summed E-state index contributed by atoms with van der Waals surface area (Å²) < 4.78 is 2.30. The highest BCUT2D eigenvalue weighted by atomic mass is 35.5. The van der Waals surface area contributed by atoms with Crippen molar-refractivity contribution in [3.63, 3.8) is 0 Å². The number of rotatable bonds is 3. The summed E-state index contributed by atoms with van der Waals surface area (Å²) in [4.78, 5) is 51.0. The molecular formula is C22H17ClN2O5. The Labute approximate surface area is 175 Å². The summed E-state index contributed by atoms with van der Waals surface area (Å²) in [6, 6.07) is 10.5. The van der Waals surface area contributed by atoms with Crippen LogP contribution in [0.2, 0.25) is 5.02 Å². The lowest BCUT2D eigenvalue weighted by Crippen LogP contribution is -2.38. The van der Waals surface area contributed by atoms with Gasteiger partial charge >= 0.3 is 5.69 Å². The Hall–Kier alpha value is -3.45. The van der Waals surface area contributed by atoms with Crippen molar-refractivity contribution in [3.8, 4) is 5.69 Å². The molecule has 30 heavy (non-hydrogen) atoms. The van der Waals surface area contributed by atoms with E-state index in [1.165, 1.54) is 29.8 Å². The normalized spacial score (nSPS) is 14.4. The molecule has 0 bridgehead atoms. The second-order valence-electron chi connectivity index (χ2n) is 7.12. The SMILES string of the molecule is Cn1c(=O)n(-c2ccc(Cl)cc2)c(=O)c2cc(C(=O)C3=C(O)CCCC3=O)ccc21. The second-order valence-corrected chi connectivity index (χ2v) is 7.55. The number of allylic oxidation sites excluding steroid dienone is 2. The monoisotopic (exact) mass is 424 g/mol. The van der Waals surface area contributed by atoms with Gasteiger partial charge in [-0.1, -0.05) is 11.6 Å². The summed E-state index contributed by atoms with van der Waals surface area (Å²) in [5, 5.41) is 10.7. The first-order chi connectivity index (χ1) is 14.3. The van der Waals surface area contributed by atoms with Gasteiger partial charge in [0, 0.05) is 30.5 Å². The molecule has 0 unspecified atom stereocenters. The van der Waals surface area contributed by atoms with Crippen molar-refractivity contribution in [2.45, 2.75) is 19.3 Å². The first-order valence-electron chi connectivity index (χ1n) is 9.31. The van der Waals surface area contributed by atoms with Gasteiger partial charge in [-0.2, -0.15) is 0 Å². The van der Waals surface area contributed by atoms with Crippen molar-refractivity contribution in [1.82, 2.24) is 9.13 Å². The fourth-order valence-electron chi connectivity index (χ4n) is 3.65. The minimum absolute atomic E-state index is 0.0951. The summed E-state index contributed by atoms with van der Waals surface area (Å²) in [6.45, 7) is 0. The average Bonchev–Trinajstić information content (AvgIpc) is 2.73. The number of fused-ring (bicyclic) bond motifs is 1. The van der Waals surface area contributed by atoms with Gasteiger partial charge in [0.15, 0.2) is 11.6 Å². The molecule has 0 saturated carbocycles. The number of aryl methyl sites for hydroxylation is 1. The minimum atomic E-state index is -0.634. The molecule has 1 aromatic heterocycles. The van der Waals surface area contributed by atoms with E-state index < -0.39 is 22.8 Å². The molecule has 0 spiro atoms. The van der Waals surface area contributed by atoms with Gasteiger partial charge in [0.25, 0.3) is 5.56 Å². The Morgan fingerprint density at radius 3 is 2.40 bits per heavy atom. The van der Waals surface area contributed by atoms with Gasteiger partial charge in [0.1, 0.15) is 11.3 Å². The zero-order valence-electron chi connectivity index (χ0n) is 16.0. The Morgan fingerprint density at radius 1 is 1.03 bits per heavy atom. The number of carbonyl (C=O) groups is 2. The second kappa shape index (κ2) is 7.42. The van der Waals surface area contributed by atoms with E-state index in [2.05, 4.69) is 0 Å². The molecule has 1 aliphatic rings. The molecule has 7 nitrogen and oxygen atoms in total. The van der Waals surface area contributed by atoms with Crippen molar-refractivity contribution >= 4 is 34.1 Å². The number of ketones is 2. The molecule has 8 heteroatoms. The summed E-state index contributed by atoms with van der Waals surface area (Å²) in [7, 11) is 1.52. The smallest absolute Gasteiger partial charge is 0.335 e. The lowest BCUT2D eigenvalue weighted by Gasteiger charge is -2.15. The predicted octanol–water partition coefficient (Wildman–Crippen LogP) is 3.09. The molecule has 0 aliphatic heterocycles. The maximum atomic E-state index is 13.1. The van der Waals surface area contributed by atoms with Crippen LogP contribution >= 0.6 is 11.6 Å². The van der Waals surface area contributed by atoms with Crippen LogP contribution < -0.4 is 11.2 Å². The van der Waals surface area contributed by atoms with Crippen molar-refractivity contribution in [2.24, 2.45) is 7.05 Å². The fourth-order valence-corrected chi connectivity index (χ4v) is 3.77. The van der Waals surface area contributed by atoms with E-state index in [0.717, 1.165) is 4.57 Å². The standard InChI is InChI=1S/C22H17ClN2O5/c1-24-16-10-5-12(20(28)19-17(26)3-2-4-18(19)27)11-15(16)21(29)25(22(24)30)14-8-6-13(23)7-9-14/h5-11,26H,2-4H2,1H3. The summed E-state index contributed by atoms with van der Waals surface area (Å²) >= 11 is 5.90. The van der Waals surface area contributed by atoms with E-state index in [1.807, 2.05) is 0 Å². The van der Waals surface area contributed by atoms with E-state index in [9.17, 15) is 24.3 Å². The maximum absolute atomic E-state index is 13.1. The van der Waals surface area contributed by atoms with Crippen LogP contribution in [0.5, 0.6) is 0 Å². The maximum Gasteiger partial charge on any atom is 0.335 e. The lowest BCUT2D eigenvalue weighted by molar-refractivity contribution is -0.116. The van der Waals surface area contributed by atoms with Crippen LogP contribution in [0, 0.1) is 0 Å². The quantitative estimate of drug-likeness (QED) is 0.514. The molecule has 1 aliphatic carbocycles. The fraction of sp³-hybridized carbons (Fsp3) is 0.182. The van der Waals surface area contributed by atoms with Gasteiger partial charge in [0.2, 0.25) is 0 Å². The van der Waals surface area contributed by atoms with Crippen LogP contribution in [0.3, 0.4) is 0 Å². The third kappa shape index (κ3) is 3.17. The number of aromatic nitrogens is 2. The van der Waals surface area contributed by atoms with E-state index in [1.54, 1.807) is 24.3 Å². The third-order valence-corrected chi connectivity index (χ3v) is 5.48. The van der Waals surface area contributed by atoms with Crippen molar-refractivity contribution in [3.05, 3.63) is 85.2 Å². The zero-order chi connectivity index (χ0) is 21.6. The molecule has 0 saturated heterocycles. The summed E-state index contributed by atoms with van der Waals surface area (Å²) in [5.41, 5.74) is -0.595. The molecule has 2 aromatic carbocycles. The number of halogens is 1. The highest BCUT2D eigenvalue weighted by Gasteiger charge is 2.28. The Bertz CT molecular complexity index is 1360. The summed E-state index contributed by atoms with van der Waals surface area (Å²) in [6.07, 6.45) is 0.946. The van der Waals surface area contributed by atoms with Crippen molar-refractivity contribution in [2.75, 3.05) is 0 Å². The van der Waals surface area contributed by atoms with Gasteiger partial charge in [-0.05, 0) is 48.9 Å². The lowest BCUT2D eigenvalue weighted by atomic mass is 9.90. The molecule has 3 aromatic rings. The number of Topliss-reactive ketones (excluding diaryl/α,β-unsaturated/α-hetero) is 2. The number of benzene rings is 2. The van der Waals surface area contributed by atoms with Crippen LogP contribution in [-0.4, -0.2) is 25.8 Å². The highest BCUT2D eigenvalue weighted by Crippen LogP contribution is 2.24. The molecule has 0 atom stereocenters. The van der Waals surface area contributed by atoms with Crippen molar-refractivity contribution in [1.29, 1.82) is 0 Å². The average molecular weight is 425 g/mol. The third-order valence-electron chi connectivity index (χ3n) is 5.23. The zero-order valence-corrected chi connectivity index (χ0v) is 16.8. The minimum Gasteiger partial charge on any atom is -0.511 e. The molecule has 4 rings (SSSR count). The number of nitrogens with zero attached hydrogens (tertiary/aromatic N) is 2. The molecule has 152 valence electrons. The largest absolute Gasteiger partial charge is 0.511 e. The number of aliphatic hydroxyl groups excluding tert-OH is 1. The number of hydrogen-bond acceptors (Lipinski definition) is 5. The van der Waals surface area contributed by atoms with Gasteiger partial charge in [-0.3, -0.25) is 19.0 Å². The topological polar surface area (TPSA) is 98.4 Å². The van der Waals surface area contributed by atoms with Gasteiger partial charge < -0.3 is 5.11 Å². The first kappa shape index (κ1) is 19.8. The molecule has 1 heterocycles. The van der Waals surface area contributed by atoms with Crippen LogP contribution in [-0.2, 0) is 11.8 Å². The van der Waals surface area contributed by atoms with Gasteiger partial charge in [0.05, 0.1) is 16.6 Å². The Morgan fingerprint density at radius 2 is 1.73 bits per heavy atom. The number of aliphatic hydroxyl groups is 1. The van der Waals surface area contributed by atoms with E-state index in [0.29, 0.717) is 22.6 Å². The van der Waals surface area contributed by atoms with Crippen LogP contribution in [0.15, 0.2) is 63.4 Å². The molecule has 0 fully saturated rings. The summed E-state index contributed by atoms with van der Waals surface area (Å²) in [5.74, 6) is -1.27. The number of carbonyl (C=O) groups excluding carboxylic acids is 2. The predicted molar refractivity (Wildman–Crippen MR) is 113 cm³/mol. The first-order valence-corrected chi connectivity index (χ1v) is 9.69. The van der Waals surface area contributed by atoms with E-state index in [4.69, 9.17) is 11.6 Å². The highest BCUT2D eigenvalue weighted by molar-refractivity contribution is 6.30. The Balaban J connectivity index is 1.94. The number of hydrogen-bond donors (Lipinski definition) is 1. The van der Waals surface area contributed by atoms with Crippen molar-refractivity contribution < 1.29 is 14.7 Å². The van der Waals surface area contributed by atoms with E-state index >= 15 is 0 Å². The molecule has 0 amide bonds. The molecule has 0 radical (unpaired) electrons. The Kier molecular flexibility index (Phi) is 4.91.